The molecule has 0 aliphatic carbocycles. The highest BCUT2D eigenvalue weighted by atomic mass is 16.6. The minimum absolute atomic E-state index is 0.152. The first-order valence-corrected chi connectivity index (χ1v) is 4.06. The van der Waals surface area contributed by atoms with Crippen molar-refractivity contribution < 1.29 is 9.66 Å². The molecule has 13 heavy (non-hydrogen) atoms. The highest BCUT2D eigenvalue weighted by Gasteiger charge is 2.01. The first kappa shape index (κ1) is 9.51. The van der Waals surface area contributed by atoms with Gasteiger partial charge in [-0.15, -0.1) is 0 Å². The first-order valence-electron chi connectivity index (χ1n) is 4.06. The maximum atomic E-state index is 10.2. The van der Waals surface area contributed by atoms with Gasteiger partial charge in [-0.1, -0.05) is 12.1 Å². The lowest BCUT2D eigenvalue weighted by molar-refractivity contribution is -0.496. The number of nitrogens with zero attached hydrogens (tertiary/aromatic N) is 1. The molecule has 1 aromatic rings. The quantitative estimate of drug-likeness (QED) is 0.526. The maximum absolute atomic E-state index is 10.2. The number of nitro groups is 1. The minimum Gasteiger partial charge on any atom is -0.494 e. The van der Waals surface area contributed by atoms with Gasteiger partial charge in [0.05, 0.1) is 6.61 Å². The second-order valence-electron chi connectivity index (χ2n) is 2.57. The molecule has 4 nitrogen and oxygen atoms in total. The molecule has 0 aliphatic rings. The van der Waals surface area contributed by atoms with Gasteiger partial charge in [0.1, 0.15) is 5.75 Å². The van der Waals surface area contributed by atoms with Crippen LogP contribution >= 0.6 is 0 Å². The topological polar surface area (TPSA) is 52.4 Å². The number of rotatable bonds is 4. The van der Waals surface area contributed by atoms with Gasteiger partial charge in [0, 0.05) is 10.5 Å². The molecule has 0 saturated carbocycles. The van der Waals surface area contributed by atoms with Gasteiger partial charge in [0.25, 0.3) is 0 Å². The van der Waals surface area contributed by atoms with E-state index in [4.69, 9.17) is 4.74 Å². The molecule has 1 aromatic carbocycles. The minimum atomic E-state index is -0.356. The van der Waals surface area contributed by atoms with E-state index in [0.29, 0.717) is 17.9 Å². The Balaban J connectivity index is 2.73. The van der Waals surface area contributed by atoms with Crippen LogP contribution in [0.4, 0.5) is 0 Å². The zero-order valence-electron chi connectivity index (χ0n) is 7.40. The summed E-state index contributed by atoms with van der Waals surface area (Å²) in [6.07, 6.45) is 0. The van der Waals surface area contributed by atoms with E-state index in [1.807, 2.05) is 6.92 Å². The van der Waals surface area contributed by atoms with Crippen molar-refractivity contribution in [1.82, 2.24) is 0 Å². The molecule has 0 aliphatic heterocycles. The Kier molecular flexibility index (Phi) is 3.25. The molecular weight excluding hydrogens is 170 g/mol. The average Bonchev–Trinajstić information content (AvgIpc) is 2.04. The second-order valence-corrected chi connectivity index (χ2v) is 2.57. The molecule has 0 N–H and O–H groups in total. The SMILES string of the molecule is CCOc1cccc(C[N+](=O)[O-])c1. The Morgan fingerprint density at radius 3 is 2.92 bits per heavy atom. The van der Waals surface area contributed by atoms with Crippen molar-refractivity contribution in [2.75, 3.05) is 6.61 Å². The molecular formula is C9H11NO3. The van der Waals surface area contributed by atoms with Crippen molar-refractivity contribution in [2.45, 2.75) is 13.5 Å². The summed E-state index contributed by atoms with van der Waals surface area (Å²) in [5, 5.41) is 10.2. The summed E-state index contributed by atoms with van der Waals surface area (Å²) in [7, 11) is 0. The average molecular weight is 181 g/mol. The summed E-state index contributed by atoms with van der Waals surface area (Å²) in [5.41, 5.74) is 0.663. The Morgan fingerprint density at radius 2 is 2.31 bits per heavy atom. The van der Waals surface area contributed by atoms with Gasteiger partial charge in [-0.3, -0.25) is 10.1 Å². The Morgan fingerprint density at radius 1 is 1.54 bits per heavy atom. The molecule has 0 fully saturated rings. The van der Waals surface area contributed by atoms with E-state index in [9.17, 15) is 10.1 Å². The van der Waals surface area contributed by atoms with E-state index < -0.39 is 0 Å². The molecule has 0 amide bonds. The molecule has 0 spiro atoms. The summed E-state index contributed by atoms with van der Waals surface area (Å²) in [6, 6.07) is 6.94. The first-order chi connectivity index (χ1) is 6.22. The van der Waals surface area contributed by atoms with Crippen molar-refractivity contribution >= 4 is 0 Å². The summed E-state index contributed by atoms with van der Waals surface area (Å²) < 4.78 is 5.21. The van der Waals surface area contributed by atoms with E-state index in [1.54, 1.807) is 24.3 Å². The number of benzene rings is 1. The van der Waals surface area contributed by atoms with Crippen LogP contribution in [0.15, 0.2) is 24.3 Å². The van der Waals surface area contributed by atoms with Crippen LogP contribution in [0.1, 0.15) is 12.5 Å². The molecule has 70 valence electrons. The van der Waals surface area contributed by atoms with Gasteiger partial charge in [-0.05, 0) is 19.1 Å². The zero-order chi connectivity index (χ0) is 9.68. The zero-order valence-corrected chi connectivity index (χ0v) is 7.40. The molecule has 0 bridgehead atoms. The second kappa shape index (κ2) is 4.45. The van der Waals surface area contributed by atoms with Gasteiger partial charge in [0.2, 0.25) is 6.54 Å². The fraction of sp³-hybridized carbons (Fsp3) is 0.333. The third kappa shape index (κ3) is 3.11. The normalized spacial score (nSPS) is 9.62. The van der Waals surface area contributed by atoms with Crippen LogP contribution in [-0.4, -0.2) is 11.5 Å². The van der Waals surface area contributed by atoms with Crippen LogP contribution in [0.25, 0.3) is 0 Å². The molecule has 4 heteroatoms. The fourth-order valence-electron chi connectivity index (χ4n) is 1.05. The van der Waals surface area contributed by atoms with Crippen LogP contribution < -0.4 is 4.74 Å². The summed E-state index contributed by atoms with van der Waals surface area (Å²) in [4.78, 5) is 9.85. The van der Waals surface area contributed by atoms with Crippen molar-refractivity contribution in [1.29, 1.82) is 0 Å². The van der Waals surface area contributed by atoms with Crippen molar-refractivity contribution in [3.05, 3.63) is 39.9 Å². The van der Waals surface area contributed by atoms with Crippen molar-refractivity contribution in [3.63, 3.8) is 0 Å². The highest BCUT2D eigenvalue weighted by molar-refractivity contribution is 5.27. The summed E-state index contributed by atoms with van der Waals surface area (Å²) in [6.45, 7) is 2.29. The fourth-order valence-corrected chi connectivity index (χ4v) is 1.05. The van der Waals surface area contributed by atoms with E-state index in [2.05, 4.69) is 0 Å². The van der Waals surface area contributed by atoms with Crippen molar-refractivity contribution in [2.24, 2.45) is 0 Å². The molecule has 1 rings (SSSR count). The summed E-state index contributed by atoms with van der Waals surface area (Å²) in [5.74, 6) is 0.682. The van der Waals surface area contributed by atoms with E-state index in [1.165, 1.54) is 0 Å². The monoisotopic (exact) mass is 181 g/mol. The lowest BCUT2D eigenvalue weighted by Crippen LogP contribution is -1.99. The van der Waals surface area contributed by atoms with Gasteiger partial charge in [-0.25, -0.2) is 0 Å². The number of ether oxygens (including phenoxy) is 1. The number of hydrogen-bond acceptors (Lipinski definition) is 3. The summed E-state index contributed by atoms with van der Waals surface area (Å²) >= 11 is 0. The van der Waals surface area contributed by atoms with Crippen LogP contribution in [-0.2, 0) is 6.54 Å². The third-order valence-corrected chi connectivity index (χ3v) is 1.52. The third-order valence-electron chi connectivity index (χ3n) is 1.52. The highest BCUT2D eigenvalue weighted by Crippen LogP contribution is 2.13. The molecule has 0 unspecified atom stereocenters. The van der Waals surface area contributed by atoms with Gasteiger partial charge in [0.15, 0.2) is 0 Å². The predicted molar refractivity (Wildman–Crippen MR) is 48.3 cm³/mol. The largest absolute Gasteiger partial charge is 0.494 e. The Bertz CT molecular complexity index is 299. The van der Waals surface area contributed by atoms with Crippen LogP contribution in [0.5, 0.6) is 5.75 Å². The Labute approximate surface area is 76.3 Å². The molecule has 0 saturated heterocycles. The molecule has 0 atom stereocenters. The van der Waals surface area contributed by atoms with Gasteiger partial charge >= 0.3 is 0 Å². The molecule has 0 heterocycles. The van der Waals surface area contributed by atoms with E-state index in [-0.39, 0.29) is 11.5 Å². The predicted octanol–water partition coefficient (Wildman–Crippen LogP) is 1.86. The van der Waals surface area contributed by atoms with Crippen LogP contribution in [0.3, 0.4) is 0 Å². The Hall–Kier alpha value is -1.58. The van der Waals surface area contributed by atoms with Crippen LogP contribution in [0, 0.1) is 10.1 Å². The van der Waals surface area contributed by atoms with Gasteiger partial charge in [-0.2, -0.15) is 0 Å². The standard InChI is InChI=1S/C9H11NO3/c1-2-13-9-5-3-4-8(6-9)7-10(11)12/h3-6H,2,7H2,1H3. The van der Waals surface area contributed by atoms with Crippen molar-refractivity contribution in [3.8, 4) is 5.75 Å². The lowest BCUT2D eigenvalue weighted by Gasteiger charge is -2.02. The van der Waals surface area contributed by atoms with E-state index >= 15 is 0 Å². The van der Waals surface area contributed by atoms with Gasteiger partial charge < -0.3 is 4.74 Å². The van der Waals surface area contributed by atoms with E-state index in [0.717, 1.165) is 0 Å². The van der Waals surface area contributed by atoms with Crippen LogP contribution in [0.2, 0.25) is 0 Å². The lowest BCUT2D eigenvalue weighted by atomic mass is 10.2. The maximum Gasteiger partial charge on any atom is 0.229 e. The molecule has 0 radical (unpaired) electrons. The smallest absolute Gasteiger partial charge is 0.229 e. The molecule has 0 aromatic heterocycles. The number of hydrogen-bond donors (Lipinski definition) is 0.